The molecule has 0 atom stereocenters. The van der Waals surface area contributed by atoms with Crippen molar-refractivity contribution in [3.8, 4) is 0 Å². The number of hydrogen-bond donors (Lipinski definition) is 0. The quantitative estimate of drug-likeness (QED) is 0.395. The van der Waals surface area contributed by atoms with E-state index < -0.39 is 0 Å². The Balaban J connectivity index is -0.0000000720. The standard InChI is InChI=1S/2C4H9.Cu/c2*1-4(2)3;/h2*4H,1H2,2-3H3;/q2*-1;+2. The molecule has 0 unspecified atom stereocenters. The van der Waals surface area contributed by atoms with Gasteiger partial charge in [0.25, 0.3) is 0 Å². The van der Waals surface area contributed by atoms with Gasteiger partial charge in [-0.1, -0.05) is 27.7 Å². The van der Waals surface area contributed by atoms with Crippen molar-refractivity contribution >= 4 is 0 Å². The first-order valence-corrected chi connectivity index (χ1v) is 3.13. The largest absolute Gasteiger partial charge is 2.00 e. The molecule has 0 rings (SSSR count). The third-order valence-corrected chi connectivity index (χ3v) is 0. The van der Waals surface area contributed by atoms with Gasteiger partial charge in [-0.25, -0.2) is 0 Å². The molecule has 0 heterocycles. The molecule has 1 heteroatoms. The first-order chi connectivity index (χ1) is 3.46. The van der Waals surface area contributed by atoms with Crippen LogP contribution in [0.1, 0.15) is 27.7 Å². The minimum atomic E-state index is 0. The van der Waals surface area contributed by atoms with Crippen LogP contribution in [0.2, 0.25) is 0 Å². The van der Waals surface area contributed by atoms with E-state index in [2.05, 4.69) is 41.5 Å². The van der Waals surface area contributed by atoms with Crippen LogP contribution >= 0.6 is 0 Å². The SMILES string of the molecule is [CH2-]C(C)C.[CH2-]C(C)C.[Cu+2]. The average molecular weight is 178 g/mol. The summed E-state index contributed by atoms with van der Waals surface area (Å²) in [6, 6.07) is 0. The summed E-state index contributed by atoms with van der Waals surface area (Å²) >= 11 is 0. The predicted octanol–water partition coefficient (Wildman–Crippen LogP) is 2.95. The molecule has 0 aromatic rings. The molecule has 0 spiro atoms. The van der Waals surface area contributed by atoms with Gasteiger partial charge in [0.1, 0.15) is 0 Å². The van der Waals surface area contributed by atoms with Crippen molar-refractivity contribution in [3.63, 3.8) is 0 Å². The van der Waals surface area contributed by atoms with Crippen molar-refractivity contribution in [2.24, 2.45) is 11.8 Å². The summed E-state index contributed by atoms with van der Waals surface area (Å²) < 4.78 is 0. The molecule has 0 aromatic heterocycles. The zero-order chi connectivity index (χ0) is 7.15. The van der Waals surface area contributed by atoms with Gasteiger partial charge in [-0.15, -0.1) is 0 Å². The maximum absolute atomic E-state index is 3.64. The van der Waals surface area contributed by atoms with Crippen LogP contribution in [-0.4, -0.2) is 0 Å². The summed E-state index contributed by atoms with van der Waals surface area (Å²) in [7, 11) is 0. The smallest absolute Gasteiger partial charge is 0.341 e. The topological polar surface area (TPSA) is 0 Å². The minimum absolute atomic E-state index is 0. The maximum atomic E-state index is 3.64. The molecule has 0 bridgehead atoms. The van der Waals surface area contributed by atoms with Crippen LogP contribution in [0.25, 0.3) is 0 Å². The van der Waals surface area contributed by atoms with Crippen LogP contribution < -0.4 is 0 Å². The summed E-state index contributed by atoms with van der Waals surface area (Å²) in [4.78, 5) is 0. The molecular weight excluding hydrogens is 160 g/mol. The Bertz CT molecular complexity index is 20.0. The molecule has 1 radical (unpaired) electrons. The first-order valence-electron chi connectivity index (χ1n) is 3.13. The minimum Gasteiger partial charge on any atom is -0.341 e. The fourth-order valence-electron chi connectivity index (χ4n) is 0. The summed E-state index contributed by atoms with van der Waals surface area (Å²) in [5, 5.41) is 0. The fraction of sp³-hybridized carbons (Fsp3) is 0.750. The van der Waals surface area contributed by atoms with Gasteiger partial charge in [-0.05, 0) is 0 Å². The van der Waals surface area contributed by atoms with Crippen LogP contribution in [0.5, 0.6) is 0 Å². The molecule has 0 aliphatic rings. The summed E-state index contributed by atoms with van der Waals surface area (Å²) in [6.45, 7) is 15.5. The second kappa shape index (κ2) is 11.3. The van der Waals surface area contributed by atoms with Crippen LogP contribution in [-0.2, 0) is 17.1 Å². The zero-order valence-corrected chi connectivity index (χ0v) is 7.81. The Labute approximate surface area is 70.9 Å². The van der Waals surface area contributed by atoms with E-state index in [0.717, 1.165) is 0 Å². The van der Waals surface area contributed by atoms with Crippen molar-refractivity contribution < 1.29 is 17.1 Å². The molecule has 0 saturated heterocycles. The van der Waals surface area contributed by atoms with Gasteiger partial charge in [-0.2, -0.15) is 11.8 Å². The second-order valence-electron chi connectivity index (χ2n) is 2.79. The molecule has 0 fully saturated rings. The van der Waals surface area contributed by atoms with Gasteiger partial charge < -0.3 is 13.8 Å². The molecule has 0 saturated carbocycles. The van der Waals surface area contributed by atoms with E-state index >= 15 is 0 Å². The summed E-state index contributed by atoms with van der Waals surface area (Å²) in [5.41, 5.74) is 0. The van der Waals surface area contributed by atoms with Gasteiger partial charge in [-0.3, -0.25) is 0 Å². The van der Waals surface area contributed by atoms with E-state index in [9.17, 15) is 0 Å². The molecule has 0 aliphatic carbocycles. The van der Waals surface area contributed by atoms with Crippen molar-refractivity contribution in [3.05, 3.63) is 13.8 Å². The van der Waals surface area contributed by atoms with E-state index in [4.69, 9.17) is 0 Å². The number of hydrogen-bond acceptors (Lipinski definition) is 0. The van der Waals surface area contributed by atoms with Gasteiger partial charge >= 0.3 is 17.1 Å². The third kappa shape index (κ3) is 1340. The van der Waals surface area contributed by atoms with Crippen molar-refractivity contribution in [2.75, 3.05) is 0 Å². The third-order valence-electron chi connectivity index (χ3n) is 0. The monoisotopic (exact) mass is 177 g/mol. The zero-order valence-electron chi connectivity index (χ0n) is 6.87. The normalized spacial score (nSPS) is 8.00. The first kappa shape index (κ1) is 16.3. The maximum Gasteiger partial charge on any atom is 2.00 e. The van der Waals surface area contributed by atoms with Crippen LogP contribution in [0.4, 0.5) is 0 Å². The predicted molar refractivity (Wildman–Crippen MR) is 40.4 cm³/mol. The molecular formula is C8H18Cu. The van der Waals surface area contributed by atoms with Crippen LogP contribution in [0.3, 0.4) is 0 Å². The molecule has 0 aliphatic heterocycles. The van der Waals surface area contributed by atoms with E-state index in [-0.39, 0.29) is 17.1 Å². The Morgan fingerprint density at radius 2 is 0.778 bits per heavy atom. The molecule has 0 N–H and O–H groups in total. The van der Waals surface area contributed by atoms with Crippen molar-refractivity contribution in [1.29, 1.82) is 0 Å². The number of rotatable bonds is 0. The van der Waals surface area contributed by atoms with Crippen LogP contribution in [0, 0.1) is 25.7 Å². The van der Waals surface area contributed by atoms with Gasteiger partial charge in [0.2, 0.25) is 0 Å². The average Bonchev–Trinajstić information content (AvgIpc) is 1.25. The molecule has 61 valence electrons. The Kier molecular flexibility index (Phi) is 20.5. The Morgan fingerprint density at radius 3 is 0.778 bits per heavy atom. The van der Waals surface area contributed by atoms with Gasteiger partial charge in [0.15, 0.2) is 0 Å². The Morgan fingerprint density at radius 1 is 0.778 bits per heavy atom. The van der Waals surface area contributed by atoms with E-state index in [0.29, 0.717) is 11.8 Å². The van der Waals surface area contributed by atoms with E-state index in [1.54, 1.807) is 0 Å². The molecule has 0 aromatic carbocycles. The van der Waals surface area contributed by atoms with Gasteiger partial charge in [0.05, 0.1) is 0 Å². The molecule has 9 heavy (non-hydrogen) atoms. The molecule has 0 amide bonds. The van der Waals surface area contributed by atoms with Crippen LogP contribution in [0.15, 0.2) is 0 Å². The van der Waals surface area contributed by atoms with E-state index in [1.165, 1.54) is 0 Å². The fourth-order valence-corrected chi connectivity index (χ4v) is 0. The van der Waals surface area contributed by atoms with Gasteiger partial charge in [0, 0.05) is 0 Å². The van der Waals surface area contributed by atoms with E-state index in [1.807, 2.05) is 0 Å². The second-order valence-corrected chi connectivity index (χ2v) is 2.79. The van der Waals surface area contributed by atoms with Crippen molar-refractivity contribution in [2.45, 2.75) is 27.7 Å². The summed E-state index contributed by atoms with van der Waals surface area (Å²) in [6.07, 6.45) is 0. The Hall–Kier alpha value is 0.519. The summed E-state index contributed by atoms with van der Waals surface area (Å²) in [5.74, 6) is 1.17. The van der Waals surface area contributed by atoms with Crippen molar-refractivity contribution in [1.82, 2.24) is 0 Å². The molecule has 0 nitrogen and oxygen atoms in total.